The van der Waals surface area contributed by atoms with E-state index in [0.717, 1.165) is 17.5 Å². The van der Waals surface area contributed by atoms with Gasteiger partial charge >= 0.3 is 0 Å². The number of aromatic nitrogens is 1. The van der Waals surface area contributed by atoms with E-state index in [0.29, 0.717) is 13.2 Å². The summed E-state index contributed by atoms with van der Waals surface area (Å²) >= 11 is 0. The summed E-state index contributed by atoms with van der Waals surface area (Å²) in [5, 5.41) is 0. The van der Waals surface area contributed by atoms with E-state index in [1.807, 2.05) is 26.0 Å². The smallest absolute Gasteiger partial charge is 0.167 e. The van der Waals surface area contributed by atoms with Gasteiger partial charge in [0.25, 0.3) is 0 Å². The summed E-state index contributed by atoms with van der Waals surface area (Å²) in [7, 11) is 0. The van der Waals surface area contributed by atoms with Gasteiger partial charge in [-0.2, -0.15) is 0 Å². The minimum atomic E-state index is -0.670. The summed E-state index contributed by atoms with van der Waals surface area (Å²) in [5.74, 6) is -1.19. The van der Waals surface area contributed by atoms with Gasteiger partial charge in [0.2, 0.25) is 0 Å². The molecule has 2 rings (SSSR count). The Bertz CT molecular complexity index is 529. The SMILES string of the molecule is Cc1ccc(C)n1CCOc1ccc(F)cc1F. The van der Waals surface area contributed by atoms with Gasteiger partial charge in [0.05, 0.1) is 6.54 Å². The molecule has 0 fully saturated rings. The van der Waals surface area contributed by atoms with E-state index in [1.165, 1.54) is 12.1 Å². The molecule has 1 heterocycles. The molecule has 0 aliphatic carbocycles. The summed E-state index contributed by atoms with van der Waals surface area (Å²) in [6.45, 7) is 5.00. The van der Waals surface area contributed by atoms with E-state index in [9.17, 15) is 8.78 Å². The lowest BCUT2D eigenvalue weighted by Gasteiger charge is -2.11. The molecule has 2 nitrogen and oxygen atoms in total. The van der Waals surface area contributed by atoms with Crippen LogP contribution in [0.15, 0.2) is 30.3 Å². The molecule has 0 N–H and O–H groups in total. The van der Waals surface area contributed by atoms with Crippen molar-refractivity contribution in [1.82, 2.24) is 4.57 Å². The number of hydrogen-bond acceptors (Lipinski definition) is 1. The van der Waals surface area contributed by atoms with E-state index in [2.05, 4.69) is 4.57 Å². The van der Waals surface area contributed by atoms with Crippen LogP contribution in [0.1, 0.15) is 11.4 Å². The van der Waals surface area contributed by atoms with Gasteiger partial charge in [-0.15, -0.1) is 0 Å². The van der Waals surface area contributed by atoms with Gasteiger partial charge in [-0.1, -0.05) is 0 Å². The molecule has 0 aliphatic heterocycles. The van der Waals surface area contributed by atoms with Crippen molar-refractivity contribution in [2.45, 2.75) is 20.4 Å². The summed E-state index contributed by atoms with van der Waals surface area (Å²) < 4.78 is 33.4. The van der Waals surface area contributed by atoms with Gasteiger partial charge in [0.1, 0.15) is 12.4 Å². The minimum Gasteiger partial charge on any atom is -0.489 e. The highest BCUT2D eigenvalue weighted by Crippen LogP contribution is 2.17. The zero-order valence-electron chi connectivity index (χ0n) is 10.4. The highest BCUT2D eigenvalue weighted by atomic mass is 19.1. The molecule has 96 valence electrons. The molecule has 18 heavy (non-hydrogen) atoms. The monoisotopic (exact) mass is 251 g/mol. The predicted octanol–water partition coefficient (Wildman–Crippen LogP) is 3.46. The Kier molecular flexibility index (Phi) is 3.65. The maximum Gasteiger partial charge on any atom is 0.167 e. The predicted molar refractivity (Wildman–Crippen MR) is 65.8 cm³/mol. The van der Waals surface area contributed by atoms with Crippen LogP contribution in [0.2, 0.25) is 0 Å². The van der Waals surface area contributed by atoms with Crippen LogP contribution in [0.3, 0.4) is 0 Å². The fourth-order valence-electron chi connectivity index (χ4n) is 1.89. The second-order valence-corrected chi connectivity index (χ2v) is 4.19. The molecule has 0 unspecified atom stereocenters. The summed E-state index contributed by atoms with van der Waals surface area (Å²) in [6.07, 6.45) is 0. The summed E-state index contributed by atoms with van der Waals surface area (Å²) in [5.41, 5.74) is 2.27. The Morgan fingerprint density at radius 2 is 1.72 bits per heavy atom. The minimum absolute atomic E-state index is 0.0823. The molecule has 0 aliphatic rings. The Balaban J connectivity index is 1.96. The molecule has 0 spiro atoms. The van der Waals surface area contributed by atoms with Gasteiger partial charge in [0, 0.05) is 17.5 Å². The number of rotatable bonds is 4. The number of ether oxygens (including phenoxy) is 1. The molecule has 1 aromatic carbocycles. The molecular formula is C14H15F2NO. The van der Waals surface area contributed by atoms with E-state index in [4.69, 9.17) is 4.74 Å². The van der Waals surface area contributed by atoms with Crippen LogP contribution >= 0.6 is 0 Å². The molecule has 0 amide bonds. The third kappa shape index (κ3) is 2.70. The fraction of sp³-hybridized carbons (Fsp3) is 0.286. The Morgan fingerprint density at radius 1 is 1.06 bits per heavy atom. The standard InChI is InChI=1S/C14H15F2NO/c1-10-3-4-11(2)17(10)7-8-18-14-6-5-12(15)9-13(14)16/h3-6,9H,7-8H2,1-2H3. The average Bonchev–Trinajstić information content (AvgIpc) is 2.63. The van der Waals surface area contributed by atoms with Crippen molar-refractivity contribution < 1.29 is 13.5 Å². The van der Waals surface area contributed by atoms with Crippen LogP contribution < -0.4 is 4.74 Å². The molecule has 0 saturated carbocycles. The largest absolute Gasteiger partial charge is 0.489 e. The van der Waals surface area contributed by atoms with Crippen molar-refractivity contribution in [2.24, 2.45) is 0 Å². The third-order valence-corrected chi connectivity index (χ3v) is 2.88. The first-order valence-electron chi connectivity index (χ1n) is 5.78. The lowest BCUT2D eigenvalue weighted by Crippen LogP contribution is -2.11. The Morgan fingerprint density at radius 3 is 2.33 bits per heavy atom. The van der Waals surface area contributed by atoms with Crippen molar-refractivity contribution in [1.29, 1.82) is 0 Å². The van der Waals surface area contributed by atoms with Gasteiger partial charge in [0.15, 0.2) is 11.6 Å². The lowest BCUT2D eigenvalue weighted by atomic mass is 10.3. The van der Waals surface area contributed by atoms with Crippen molar-refractivity contribution in [3.63, 3.8) is 0 Å². The van der Waals surface area contributed by atoms with Gasteiger partial charge in [-0.05, 0) is 38.1 Å². The molecule has 0 atom stereocenters. The lowest BCUT2D eigenvalue weighted by molar-refractivity contribution is 0.282. The molecular weight excluding hydrogens is 236 g/mol. The number of aryl methyl sites for hydroxylation is 2. The first kappa shape index (κ1) is 12.6. The Hall–Kier alpha value is -1.84. The number of hydrogen-bond donors (Lipinski definition) is 0. The summed E-state index contributed by atoms with van der Waals surface area (Å²) in [4.78, 5) is 0. The maximum absolute atomic E-state index is 13.3. The first-order valence-corrected chi connectivity index (χ1v) is 5.78. The van der Waals surface area contributed by atoms with E-state index < -0.39 is 11.6 Å². The van der Waals surface area contributed by atoms with E-state index in [1.54, 1.807) is 0 Å². The molecule has 4 heteroatoms. The van der Waals surface area contributed by atoms with Crippen molar-refractivity contribution in [3.05, 3.63) is 53.4 Å². The van der Waals surface area contributed by atoms with Crippen LogP contribution in [0.25, 0.3) is 0 Å². The number of halogens is 2. The van der Waals surface area contributed by atoms with Crippen LogP contribution in [0.4, 0.5) is 8.78 Å². The highest BCUT2D eigenvalue weighted by Gasteiger charge is 2.05. The molecule has 2 aromatic rings. The maximum atomic E-state index is 13.3. The van der Waals surface area contributed by atoms with Crippen molar-refractivity contribution >= 4 is 0 Å². The van der Waals surface area contributed by atoms with Gasteiger partial charge in [-0.25, -0.2) is 8.78 Å². The molecule has 1 aromatic heterocycles. The average molecular weight is 251 g/mol. The topological polar surface area (TPSA) is 14.2 Å². The fourth-order valence-corrected chi connectivity index (χ4v) is 1.89. The van der Waals surface area contributed by atoms with Crippen molar-refractivity contribution in [2.75, 3.05) is 6.61 Å². The van der Waals surface area contributed by atoms with Gasteiger partial charge in [-0.3, -0.25) is 0 Å². The zero-order chi connectivity index (χ0) is 13.1. The second kappa shape index (κ2) is 5.21. The third-order valence-electron chi connectivity index (χ3n) is 2.88. The van der Waals surface area contributed by atoms with Crippen LogP contribution in [-0.4, -0.2) is 11.2 Å². The normalized spacial score (nSPS) is 10.7. The molecule has 0 bridgehead atoms. The quantitative estimate of drug-likeness (QED) is 0.811. The second-order valence-electron chi connectivity index (χ2n) is 4.19. The van der Waals surface area contributed by atoms with Crippen LogP contribution in [0.5, 0.6) is 5.75 Å². The van der Waals surface area contributed by atoms with E-state index in [-0.39, 0.29) is 5.75 Å². The highest BCUT2D eigenvalue weighted by molar-refractivity contribution is 5.24. The van der Waals surface area contributed by atoms with Crippen LogP contribution in [0, 0.1) is 25.5 Å². The van der Waals surface area contributed by atoms with Crippen LogP contribution in [-0.2, 0) is 6.54 Å². The molecule has 0 radical (unpaired) electrons. The zero-order valence-corrected chi connectivity index (χ0v) is 10.4. The first-order chi connectivity index (χ1) is 8.58. The van der Waals surface area contributed by atoms with Gasteiger partial charge < -0.3 is 9.30 Å². The number of nitrogens with zero attached hydrogens (tertiary/aromatic N) is 1. The number of benzene rings is 1. The molecule has 0 saturated heterocycles. The Labute approximate surface area is 105 Å². The van der Waals surface area contributed by atoms with E-state index >= 15 is 0 Å². The van der Waals surface area contributed by atoms with Crippen molar-refractivity contribution in [3.8, 4) is 5.75 Å². The summed E-state index contributed by atoms with van der Waals surface area (Å²) in [6, 6.07) is 7.35.